The molecule has 74 heavy (non-hydrogen) atoms. The molecule has 0 aliphatic carbocycles. The van der Waals surface area contributed by atoms with Gasteiger partial charge >= 0.3 is 11.9 Å². The summed E-state index contributed by atoms with van der Waals surface area (Å²) in [5.41, 5.74) is 27.5. The lowest BCUT2D eigenvalue weighted by Crippen LogP contribution is -2.48. The van der Waals surface area contributed by atoms with Crippen molar-refractivity contribution in [3.63, 3.8) is 0 Å². The van der Waals surface area contributed by atoms with E-state index in [0.717, 1.165) is 37.1 Å². The average molecular weight is 1080 g/mol. The Morgan fingerprint density at radius 2 is 0.811 bits per heavy atom. The number of carboxylic acid groups (broad SMARTS) is 2. The van der Waals surface area contributed by atoms with Crippen LogP contribution in [0.2, 0.25) is 10.0 Å². The van der Waals surface area contributed by atoms with Crippen LogP contribution in [0.5, 0.6) is 0 Å². The maximum absolute atomic E-state index is 10.1. The highest BCUT2D eigenvalue weighted by Crippen LogP contribution is 2.23. The summed E-state index contributed by atoms with van der Waals surface area (Å²) in [6, 6.07) is 35.3. The molecular formula is C48H68Cl2N10O14. The van der Waals surface area contributed by atoms with Crippen molar-refractivity contribution in [2.45, 2.75) is 87.4 Å². The van der Waals surface area contributed by atoms with Gasteiger partial charge in [0.05, 0.1) is 13.2 Å². The summed E-state index contributed by atoms with van der Waals surface area (Å²) in [5.74, 6) is -2.40. The first kappa shape index (κ1) is 65.5. The molecule has 4 aromatic rings. The Bertz CT molecular complexity index is 2160. The normalized spacial score (nSPS) is 15.2. The maximum atomic E-state index is 10.1. The van der Waals surface area contributed by atoms with Crippen molar-refractivity contribution in [1.29, 1.82) is 0 Å². The highest BCUT2D eigenvalue weighted by atomic mass is 35.5. The molecule has 0 aliphatic heterocycles. The van der Waals surface area contributed by atoms with E-state index in [9.17, 15) is 9.59 Å². The van der Waals surface area contributed by atoms with Gasteiger partial charge in [0.2, 0.25) is 23.8 Å². The van der Waals surface area contributed by atoms with Gasteiger partial charge < -0.3 is 94.8 Å². The summed E-state index contributed by atoms with van der Waals surface area (Å²) < 4.78 is 0. The highest BCUT2D eigenvalue weighted by Gasteiger charge is 2.35. The summed E-state index contributed by atoms with van der Waals surface area (Å²) >= 11 is 11.7. The fourth-order valence-corrected chi connectivity index (χ4v) is 5.96. The average Bonchev–Trinajstić information content (AvgIpc) is 3.39. The molecule has 0 heterocycles. The molecule has 8 atom stereocenters. The van der Waals surface area contributed by atoms with Crippen LogP contribution < -0.4 is 33.6 Å². The van der Waals surface area contributed by atoms with Crippen LogP contribution >= 0.6 is 23.2 Å². The minimum absolute atomic E-state index is 0.124. The minimum atomic E-state index is -2.20. The molecule has 4 aromatic carbocycles. The first-order chi connectivity index (χ1) is 35.0. The van der Waals surface area contributed by atoms with E-state index in [2.05, 4.69) is 98.2 Å². The first-order valence-electron chi connectivity index (χ1n) is 22.6. The number of hydrogen-bond donors (Lipinski definition) is 18. The predicted molar refractivity (Wildman–Crippen MR) is 283 cm³/mol. The zero-order valence-corrected chi connectivity index (χ0v) is 41.8. The molecule has 4 rings (SSSR count). The molecule has 0 amide bonds. The second-order valence-electron chi connectivity index (χ2n) is 15.7. The number of nitrogens with zero attached hydrogens (tertiary/aromatic N) is 4. The van der Waals surface area contributed by atoms with Crippen LogP contribution in [0, 0.1) is 0 Å². The number of rotatable bonds is 21. The number of anilines is 2. The molecule has 0 spiro atoms. The number of aliphatic imine (C=N–C) groups is 4. The van der Waals surface area contributed by atoms with Gasteiger partial charge in [0.15, 0.2) is 12.2 Å². The molecule has 0 aliphatic rings. The Hall–Kier alpha value is -6.52. The number of guanidine groups is 4. The molecule has 0 saturated carbocycles. The van der Waals surface area contributed by atoms with Crippen molar-refractivity contribution in [3.8, 4) is 0 Å². The van der Waals surface area contributed by atoms with Gasteiger partial charge in [-0.3, -0.25) is 9.98 Å². The fourth-order valence-electron chi connectivity index (χ4n) is 5.71. The van der Waals surface area contributed by atoms with Crippen molar-refractivity contribution in [3.05, 3.63) is 130 Å². The number of aliphatic hydroxyl groups excluding tert-OH is 10. The smallest absolute Gasteiger partial charge is 0.335 e. The monoisotopic (exact) mass is 1080 g/mol. The third-order valence-electron chi connectivity index (χ3n) is 9.93. The lowest BCUT2D eigenvalue weighted by Gasteiger charge is -2.23. The van der Waals surface area contributed by atoms with E-state index in [0.29, 0.717) is 29.1 Å². The van der Waals surface area contributed by atoms with Gasteiger partial charge in [-0.05, 0) is 72.5 Å². The van der Waals surface area contributed by atoms with Gasteiger partial charge in [-0.1, -0.05) is 104 Å². The summed E-state index contributed by atoms with van der Waals surface area (Å²) in [6.07, 6.45) is -12.0. The standard InChI is InChI=1S/C22H30Cl2N10.C14H14.2C6H12O7/c23-15-5-9-17(10-6-15)31-21(27)33-19(25)29-13-3-1-2-4-14-30-20(26)34-22(28)32-18-11-7-16(24)8-12-18;1-12(13-8-4-2-5-9-13)14-10-6-3-7-11-14;2*7-1-2(8)3(9)4(10)5(11)6(12)13/h5-12H,1-4,13-14H2,(H5,25,27,29,31,33)(H5,26,28,30,32,34);2-12H,1H3;2*2-5,7-11H,1H2,(H,12,13)/t;;2*2-,3-,4+,5-/m..11/s1. The summed E-state index contributed by atoms with van der Waals surface area (Å²) in [5, 5.41) is 111. The first-order valence-corrected chi connectivity index (χ1v) is 23.3. The van der Waals surface area contributed by atoms with E-state index in [1.807, 2.05) is 0 Å². The molecule has 24 nitrogen and oxygen atoms in total. The van der Waals surface area contributed by atoms with Crippen LogP contribution in [0.3, 0.4) is 0 Å². The highest BCUT2D eigenvalue weighted by molar-refractivity contribution is 6.31. The molecule has 408 valence electrons. The van der Waals surface area contributed by atoms with E-state index in [-0.39, 0.29) is 23.8 Å². The quantitative estimate of drug-likeness (QED) is 0.0301. The summed E-state index contributed by atoms with van der Waals surface area (Å²) in [6.45, 7) is 1.68. The van der Waals surface area contributed by atoms with E-state index in [4.69, 9.17) is 107 Å². The number of aliphatic hydroxyl groups is 10. The van der Waals surface area contributed by atoms with Crippen molar-refractivity contribution < 1.29 is 70.9 Å². The molecular weight excluding hydrogens is 1010 g/mol. The van der Waals surface area contributed by atoms with Crippen LogP contribution in [0.15, 0.2) is 129 Å². The van der Waals surface area contributed by atoms with E-state index >= 15 is 0 Å². The van der Waals surface area contributed by atoms with Crippen LogP contribution in [0.25, 0.3) is 0 Å². The van der Waals surface area contributed by atoms with E-state index in [1.165, 1.54) is 11.1 Å². The maximum Gasteiger partial charge on any atom is 0.335 e. The van der Waals surface area contributed by atoms with Crippen molar-refractivity contribution in [1.82, 2.24) is 0 Å². The Morgan fingerprint density at radius 1 is 0.500 bits per heavy atom. The topological polar surface area (TPSA) is 454 Å². The molecule has 0 aromatic heterocycles. The van der Waals surface area contributed by atoms with Crippen molar-refractivity contribution in [2.24, 2.45) is 42.9 Å². The molecule has 0 bridgehead atoms. The lowest BCUT2D eigenvalue weighted by atomic mass is 9.93. The number of benzene rings is 4. The van der Waals surface area contributed by atoms with Gasteiger partial charge in [-0.25, -0.2) is 9.59 Å². The Morgan fingerprint density at radius 3 is 1.09 bits per heavy atom. The second-order valence-corrected chi connectivity index (χ2v) is 16.6. The number of unbranched alkanes of at least 4 members (excludes halogenated alkanes) is 3. The van der Waals surface area contributed by atoms with Gasteiger partial charge in [-0.2, -0.15) is 9.98 Å². The predicted octanol–water partition coefficient (Wildman–Crippen LogP) is 0.189. The Kier molecular flexibility index (Phi) is 32.2. The molecule has 0 fully saturated rings. The molecule has 22 N–H and O–H groups in total. The zero-order chi connectivity index (χ0) is 55.8. The number of aliphatic carboxylic acids is 2. The van der Waals surface area contributed by atoms with Crippen molar-refractivity contribution in [2.75, 3.05) is 36.9 Å². The van der Waals surface area contributed by atoms with E-state index < -0.39 is 74.0 Å². The van der Waals surface area contributed by atoms with Gasteiger partial charge in [0, 0.05) is 40.4 Å². The van der Waals surface area contributed by atoms with Crippen LogP contribution in [0.4, 0.5) is 11.4 Å². The number of carboxylic acids is 2. The van der Waals surface area contributed by atoms with Crippen LogP contribution in [-0.4, -0.2) is 172 Å². The van der Waals surface area contributed by atoms with Crippen LogP contribution in [0.1, 0.15) is 49.7 Å². The summed E-state index contributed by atoms with van der Waals surface area (Å²) in [7, 11) is 0. The van der Waals surface area contributed by atoms with Crippen LogP contribution in [-0.2, 0) is 9.59 Å². The number of hydrogen-bond acceptors (Lipinski definition) is 14. The van der Waals surface area contributed by atoms with Gasteiger partial charge in [0.1, 0.15) is 36.6 Å². The number of halogens is 2. The SMILES string of the molecule is CC(c1ccccc1)c1ccccc1.NC(=NCCCCCCN=C(N)N=C(N)Nc1ccc(Cl)cc1)N=C(N)Nc1ccc(Cl)cc1.O=C(O)[C@H](O)[C@@H](O)[C@H](O)[C@H](O)CO.O=C(O)[C@H](O)[C@@H](O)[C@H](O)[C@H](O)CO. The second kappa shape index (κ2) is 36.4. The molecule has 0 unspecified atom stereocenters. The van der Waals surface area contributed by atoms with E-state index in [1.54, 1.807) is 48.5 Å². The Balaban J connectivity index is 0.000000562. The molecule has 0 saturated heterocycles. The number of carbonyl (C=O) groups is 2. The molecule has 26 heteroatoms. The minimum Gasteiger partial charge on any atom is -0.479 e. The third kappa shape index (κ3) is 27.0. The lowest BCUT2D eigenvalue weighted by molar-refractivity contribution is -0.164. The van der Waals surface area contributed by atoms with Gasteiger partial charge in [0.25, 0.3) is 0 Å². The van der Waals surface area contributed by atoms with Gasteiger partial charge in [-0.15, -0.1) is 0 Å². The van der Waals surface area contributed by atoms with Crippen molar-refractivity contribution >= 4 is 70.4 Å². The number of nitrogens with one attached hydrogen (secondary N) is 2. The largest absolute Gasteiger partial charge is 0.479 e. The zero-order valence-electron chi connectivity index (χ0n) is 40.3. The summed E-state index contributed by atoms with van der Waals surface area (Å²) in [4.78, 5) is 36.7. The fraction of sp³-hybridized carbons (Fsp3) is 0.375. The molecule has 0 radical (unpaired) electrons. The Labute approximate surface area is 437 Å². The number of nitrogens with two attached hydrogens (primary N) is 4. The third-order valence-corrected chi connectivity index (χ3v) is 10.4.